The highest BCUT2D eigenvalue weighted by Crippen LogP contribution is 2.21. The average molecular weight is 357 g/mol. The second kappa shape index (κ2) is 7.81. The van der Waals surface area contributed by atoms with Crippen LogP contribution in [0.15, 0.2) is 35.1 Å². The van der Waals surface area contributed by atoms with E-state index in [0.717, 1.165) is 32.2 Å². The van der Waals surface area contributed by atoms with E-state index < -0.39 is 0 Å². The Morgan fingerprint density at radius 1 is 1.27 bits per heavy atom. The van der Waals surface area contributed by atoms with E-state index >= 15 is 0 Å². The molecule has 0 bridgehead atoms. The van der Waals surface area contributed by atoms with Gasteiger partial charge in [-0.25, -0.2) is 9.37 Å². The van der Waals surface area contributed by atoms with Crippen LogP contribution in [0.2, 0.25) is 0 Å². The number of carbonyl (C=O) groups is 1. The summed E-state index contributed by atoms with van der Waals surface area (Å²) in [5.41, 5.74) is 0.920. The zero-order valence-corrected chi connectivity index (χ0v) is 15.2. The Morgan fingerprint density at radius 3 is 2.69 bits per heavy atom. The number of aromatic nitrogens is 2. The van der Waals surface area contributed by atoms with Crippen LogP contribution in [0.1, 0.15) is 38.3 Å². The number of hydrogen-bond donors (Lipinski definition) is 0. The average Bonchev–Trinajstić information content (AvgIpc) is 2.64. The Hall–Kier alpha value is -2.50. The molecule has 26 heavy (non-hydrogen) atoms. The van der Waals surface area contributed by atoms with E-state index in [1.54, 1.807) is 19.1 Å². The van der Waals surface area contributed by atoms with E-state index in [4.69, 9.17) is 0 Å². The Morgan fingerprint density at radius 2 is 2.00 bits per heavy atom. The van der Waals surface area contributed by atoms with E-state index in [1.807, 2.05) is 4.90 Å². The lowest BCUT2D eigenvalue weighted by molar-refractivity contribution is -0.135. The van der Waals surface area contributed by atoms with Crippen molar-refractivity contribution >= 4 is 5.91 Å². The summed E-state index contributed by atoms with van der Waals surface area (Å²) in [6, 6.07) is 7.47. The molecule has 138 valence electrons. The van der Waals surface area contributed by atoms with E-state index in [-0.39, 0.29) is 29.9 Å². The van der Waals surface area contributed by atoms with Crippen LogP contribution in [-0.4, -0.2) is 32.9 Å². The van der Waals surface area contributed by atoms with Crippen LogP contribution in [0.5, 0.6) is 0 Å². The summed E-state index contributed by atoms with van der Waals surface area (Å²) in [7, 11) is 0. The summed E-state index contributed by atoms with van der Waals surface area (Å²) in [5.74, 6) is -0.0217. The van der Waals surface area contributed by atoms with Gasteiger partial charge in [-0.1, -0.05) is 6.92 Å². The third-order valence-electron chi connectivity index (χ3n) is 4.95. The zero-order valence-electron chi connectivity index (χ0n) is 15.2. The van der Waals surface area contributed by atoms with Crippen LogP contribution in [0.3, 0.4) is 0 Å². The topological polar surface area (TPSA) is 55.2 Å². The van der Waals surface area contributed by atoms with Gasteiger partial charge in [0.15, 0.2) is 0 Å². The van der Waals surface area contributed by atoms with Crippen LogP contribution in [0.4, 0.5) is 4.39 Å². The first-order chi connectivity index (χ1) is 12.5. The maximum absolute atomic E-state index is 13.2. The molecule has 1 fully saturated rings. The monoisotopic (exact) mass is 357 g/mol. The number of amides is 1. The molecule has 3 rings (SSSR count). The number of likely N-dealkylation sites (tertiary alicyclic amines) is 1. The number of rotatable bonds is 4. The minimum atomic E-state index is -0.356. The molecule has 0 spiro atoms. The fourth-order valence-corrected chi connectivity index (χ4v) is 3.57. The minimum absolute atomic E-state index is 0.0463. The molecular weight excluding hydrogens is 333 g/mol. The largest absolute Gasteiger partial charge is 0.338 e. The molecule has 0 radical (unpaired) electrons. The summed E-state index contributed by atoms with van der Waals surface area (Å²) in [6.45, 7) is 4.50. The van der Waals surface area contributed by atoms with Gasteiger partial charge in [0, 0.05) is 29.9 Å². The van der Waals surface area contributed by atoms with E-state index in [1.165, 1.54) is 22.8 Å². The SMILES string of the molecule is CCC1CCCCN1C(=O)Cn1c(-c2ccc(F)cc2)nc(C)cc1=O. The van der Waals surface area contributed by atoms with Crippen molar-refractivity contribution in [2.75, 3.05) is 6.54 Å². The van der Waals surface area contributed by atoms with Crippen molar-refractivity contribution in [2.45, 2.75) is 52.1 Å². The van der Waals surface area contributed by atoms with Gasteiger partial charge < -0.3 is 4.90 Å². The molecule has 5 nitrogen and oxygen atoms in total. The number of piperidine rings is 1. The summed E-state index contributed by atoms with van der Waals surface area (Å²) >= 11 is 0. The van der Waals surface area contributed by atoms with Crippen molar-refractivity contribution in [2.24, 2.45) is 0 Å². The Labute approximate surface area is 152 Å². The first-order valence-electron chi connectivity index (χ1n) is 9.13. The number of halogens is 1. The molecule has 1 saturated heterocycles. The molecule has 6 heteroatoms. The quantitative estimate of drug-likeness (QED) is 0.845. The van der Waals surface area contributed by atoms with Crippen molar-refractivity contribution in [1.29, 1.82) is 0 Å². The van der Waals surface area contributed by atoms with Crippen molar-refractivity contribution in [3.63, 3.8) is 0 Å². The van der Waals surface area contributed by atoms with Gasteiger partial charge in [0.25, 0.3) is 5.56 Å². The first kappa shape index (κ1) is 18.3. The highest BCUT2D eigenvalue weighted by atomic mass is 19.1. The molecule has 1 aromatic heterocycles. The van der Waals surface area contributed by atoms with Crippen LogP contribution in [0.25, 0.3) is 11.4 Å². The normalized spacial score (nSPS) is 17.3. The molecule has 1 aliphatic heterocycles. The second-order valence-electron chi connectivity index (χ2n) is 6.80. The standard InChI is InChI=1S/C20H24FN3O2/c1-3-17-6-4-5-11-23(17)19(26)13-24-18(25)12-14(2)22-20(24)15-7-9-16(21)10-8-15/h7-10,12,17H,3-6,11,13H2,1-2H3. The third-order valence-corrected chi connectivity index (χ3v) is 4.95. The van der Waals surface area contributed by atoms with Crippen LogP contribution in [-0.2, 0) is 11.3 Å². The first-order valence-corrected chi connectivity index (χ1v) is 9.13. The van der Waals surface area contributed by atoms with Crippen molar-refractivity contribution in [3.8, 4) is 11.4 Å². The molecule has 1 aliphatic rings. The molecule has 2 aromatic rings. The summed E-state index contributed by atoms with van der Waals surface area (Å²) < 4.78 is 14.6. The van der Waals surface area contributed by atoms with Crippen molar-refractivity contribution < 1.29 is 9.18 Å². The van der Waals surface area contributed by atoms with Crippen LogP contribution in [0, 0.1) is 12.7 Å². The Balaban J connectivity index is 1.95. The van der Waals surface area contributed by atoms with E-state index in [9.17, 15) is 14.0 Å². The summed E-state index contributed by atoms with van der Waals surface area (Å²) in [4.78, 5) is 31.8. The fourth-order valence-electron chi connectivity index (χ4n) is 3.57. The van der Waals surface area contributed by atoms with Gasteiger partial charge in [-0.15, -0.1) is 0 Å². The number of carbonyl (C=O) groups excluding carboxylic acids is 1. The summed E-state index contributed by atoms with van der Waals surface area (Å²) in [6.07, 6.45) is 4.05. The molecule has 1 amide bonds. The van der Waals surface area contributed by atoms with Crippen molar-refractivity contribution in [1.82, 2.24) is 14.5 Å². The minimum Gasteiger partial charge on any atom is -0.338 e. The van der Waals surface area contributed by atoms with Gasteiger partial charge in [-0.05, 0) is 56.9 Å². The maximum Gasteiger partial charge on any atom is 0.254 e. The molecule has 0 saturated carbocycles. The lowest BCUT2D eigenvalue weighted by atomic mass is 10.00. The number of benzene rings is 1. The predicted octanol–water partition coefficient (Wildman–Crippen LogP) is 3.15. The predicted molar refractivity (Wildman–Crippen MR) is 98.3 cm³/mol. The van der Waals surface area contributed by atoms with Crippen LogP contribution >= 0.6 is 0 Å². The van der Waals surface area contributed by atoms with Crippen LogP contribution < -0.4 is 5.56 Å². The fraction of sp³-hybridized carbons (Fsp3) is 0.450. The lowest BCUT2D eigenvalue weighted by Gasteiger charge is -2.35. The molecule has 1 unspecified atom stereocenters. The molecule has 1 atom stereocenters. The molecular formula is C20H24FN3O2. The van der Waals surface area contributed by atoms with Gasteiger partial charge in [0.2, 0.25) is 5.91 Å². The number of hydrogen-bond acceptors (Lipinski definition) is 3. The molecule has 0 aliphatic carbocycles. The zero-order chi connectivity index (χ0) is 18.7. The molecule has 2 heterocycles. The Bertz CT molecular complexity index is 845. The summed E-state index contributed by atoms with van der Waals surface area (Å²) in [5, 5.41) is 0. The number of nitrogens with zero attached hydrogens (tertiary/aromatic N) is 3. The highest BCUT2D eigenvalue weighted by molar-refractivity contribution is 5.77. The van der Waals surface area contributed by atoms with Gasteiger partial charge in [0.1, 0.15) is 18.2 Å². The Kier molecular flexibility index (Phi) is 5.49. The number of aryl methyl sites for hydroxylation is 1. The van der Waals surface area contributed by atoms with Gasteiger partial charge in [-0.3, -0.25) is 14.2 Å². The maximum atomic E-state index is 13.2. The van der Waals surface area contributed by atoms with Gasteiger partial charge >= 0.3 is 0 Å². The second-order valence-corrected chi connectivity index (χ2v) is 6.80. The van der Waals surface area contributed by atoms with E-state index in [0.29, 0.717) is 17.1 Å². The third kappa shape index (κ3) is 3.84. The lowest BCUT2D eigenvalue weighted by Crippen LogP contribution is -2.46. The smallest absolute Gasteiger partial charge is 0.254 e. The van der Waals surface area contributed by atoms with E-state index in [2.05, 4.69) is 11.9 Å². The van der Waals surface area contributed by atoms with Crippen molar-refractivity contribution in [3.05, 3.63) is 52.2 Å². The molecule has 0 N–H and O–H groups in total. The highest BCUT2D eigenvalue weighted by Gasteiger charge is 2.26. The van der Waals surface area contributed by atoms with Gasteiger partial charge in [0.05, 0.1) is 0 Å². The van der Waals surface area contributed by atoms with Gasteiger partial charge in [-0.2, -0.15) is 0 Å². The molecule has 1 aromatic carbocycles.